The van der Waals surface area contributed by atoms with Crippen molar-refractivity contribution in [3.8, 4) is 11.8 Å². The SMILES string of the molecule is COC(=O)NS(=O)(=O)Nc1ccc(C)c(C#CCCO)c1. The zero-order chi connectivity index (χ0) is 15.9. The van der Waals surface area contributed by atoms with Crippen molar-refractivity contribution < 1.29 is 23.1 Å². The second-order valence-electron chi connectivity index (χ2n) is 4.00. The minimum absolute atomic E-state index is 0.0403. The van der Waals surface area contributed by atoms with E-state index in [1.54, 1.807) is 16.9 Å². The molecule has 0 atom stereocenters. The van der Waals surface area contributed by atoms with Crippen molar-refractivity contribution in [3.63, 3.8) is 0 Å². The zero-order valence-electron chi connectivity index (χ0n) is 11.6. The molecule has 3 N–H and O–H groups in total. The number of aliphatic hydroxyl groups excluding tert-OH is 1. The fourth-order valence-corrected chi connectivity index (χ4v) is 2.16. The molecule has 0 fully saturated rings. The Morgan fingerprint density at radius 1 is 1.43 bits per heavy atom. The van der Waals surface area contributed by atoms with Crippen LogP contribution in [-0.2, 0) is 14.9 Å². The van der Waals surface area contributed by atoms with E-state index in [1.165, 1.54) is 6.07 Å². The van der Waals surface area contributed by atoms with Crippen molar-refractivity contribution >= 4 is 22.0 Å². The summed E-state index contributed by atoms with van der Waals surface area (Å²) < 4.78 is 31.3. The first-order valence-electron chi connectivity index (χ1n) is 5.97. The standard InChI is InChI=1S/C13H16N2O5S/c1-10-6-7-12(9-11(10)5-3-4-8-16)14-21(18,19)15-13(17)20-2/h6-7,9,14,16H,4,8H2,1-2H3,(H,15,17). The van der Waals surface area contributed by atoms with Crippen LogP contribution in [0.15, 0.2) is 18.2 Å². The van der Waals surface area contributed by atoms with Crippen molar-refractivity contribution in [1.82, 2.24) is 4.72 Å². The molecule has 7 nitrogen and oxygen atoms in total. The fourth-order valence-electron chi connectivity index (χ4n) is 1.37. The minimum atomic E-state index is -4.06. The van der Waals surface area contributed by atoms with Gasteiger partial charge in [-0.1, -0.05) is 17.9 Å². The van der Waals surface area contributed by atoms with E-state index in [-0.39, 0.29) is 12.3 Å². The van der Waals surface area contributed by atoms with Crippen LogP contribution in [-0.4, -0.2) is 33.3 Å². The molecule has 0 unspecified atom stereocenters. The highest BCUT2D eigenvalue weighted by Crippen LogP contribution is 2.15. The fraction of sp³-hybridized carbons (Fsp3) is 0.308. The Morgan fingerprint density at radius 2 is 2.14 bits per heavy atom. The molecular weight excluding hydrogens is 296 g/mol. The first-order chi connectivity index (χ1) is 9.88. The summed E-state index contributed by atoms with van der Waals surface area (Å²) in [5.41, 5.74) is 1.75. The highest BCUT2D eigenvalue weighted by Gasteiger charge is 2.14. The maximum Gasteiger partial charge on any atom is 0.422 e. The molecular formula is C13H16N2O5S. The molecule has 0 spiro atoms. The molecule has 0 saturated heterocycles. The van der Waals surface area contributed by atoms with E-state index >= 15 is 0 Å². The van der Waals surface area contributed by atoms with Crippen molar-refractivity contribution in [3.05, 3.63) is 29.3 Å². The van der Waals surface area contributed by atoms with Gasteiger partial charge in [-0.2, -0.15) is 8.42 Å². The first-order valence-corrected chi connectivity index (χ1v) is 7.45. The first kappa shape index (κ1) is 16.8. The summed E-state index contributed by atoms with van der Waals surface area (Å²) in [6, 6.07) is 4.78. The predicted octanol–water partition coefficient (Wildman–Crippen LogP) is 0.742. The third-order valence-electron chi connectivity index (χ3n) is 2.35. The van der Waals surface area contributed by atoms with Crippen LogP contribution < -0.4 is 9.44 Å². The number of benzene rings is 1. The summed E-state index contributed by atoms with van der Waals surface area (Å²) in [5.74, 6) is 5.59. The Bertz CT molecular complexity index is 674. The molecule has 8 heteroatoms. The van der Waals surface area contributed by atoms with Gasteiger partial charge in [0.05, 0.1) is 19.4 Å². The lowest BCUT2D eigenvalue weighted by Gasteiger charge is -2.09. The molecule has 21 heavy (non-hydrogen) atoms. The zero-order valence-corrected chi connectivity index (χ0v) is 12.5. The number of carbonyl (C=O) groups excluding carboxylic acids is 1. The van der Waals surface area contributed by atoms with E-state index in [2.05, 4.69) is 21.3 Å². The average Bonchev–Trinajstić information content (AvgIpc) is 2.41. The highest BCUT2D eigenvalue weighted by atomic mass is 32.2. The Balaban J connectivity index is 2.93. The van der Waals surface area contributed by atoms with Crippen LogP contribution in [0.25, 0.3) is 0 Å². The lowest BCUT2D eigenvalue weighted by Crippen LogP contribution is -2.35. The molecule has 0 bridgehead atoms. The smallest absolute Gasteiger partial charge is 0.422 e. The van der Waals surface area contributed by atoms with E-state index in [4.69, 9.17) is 5.11 Å². The van der Waals surface area contributed by atoms with Gasteiger partial charge in [0, 0.05) is 12.0 Å². The monoisotopic (exact) mass is 312 g/mol. The summed E-state index contributed by atoms with van der Waals surface area (Å²) in [5, 5.41) is 8.68. The van der Waals surface area contributed by atoms with Gasteiger partial charge in [0.1, 0.15) is 0 Å². The molecule has 1 amide bonds. The topological polar surface area (TPSA) is 105 Å². The molecule has 114 valence electrons. The molecule has 0 radical (unpaired) electrons. The summed E-state index contributed by atoms with van der Waals surface area (Å²) in [6.45, 7) is 1.79. The second-order valence-corrected chi connectivity index (χ2v) is 5.42. The van der Waals surface area contributed by atoms with Crippen LogP contribution in [0, 0.1) is 18.8 Å². The third kappa shape index (κ3) is 5.72. The van der Waals surface area contributed by atoms with Crippen LogP contribution in [0.3, 0.4) is 0 Å². The summed E-state index contributed by atoms with van der Waals surface area (Å²) in [4.78, 5) is 10.9. The lowest BCUT2D eigenvalue weighted by atomic mass is 10.1. The number of hydrogen-bond acceptors (Lipinski definition) is 5. The van der Waals surface area contributed by atoms with Crippen molar-refractivity contribution in [2.75, 3.05) is 18.4 Å². The van der Waals surface area contributed by atoms with Crippen molar-refractivity contribution in [1.29, 1.82) is 0 Å². The number of carbonyl (C=O) groups is 1. The molecule has 0 heterocycles. The van der Waals surface area contributed by atoms with Gasteiger partial charge in [-0.05, 0) is 24.6 Å². The van der Waals surface area contributed by atoms with Crippen molar-refractivity contribution in [2.24, 2.45) is 0 Å². The van der Waals surface area contributed by atoms with Crippen LogP contribution in [0.4, 0.5) is 10.5 Å². The Kier molecular flexibility index (Phi) is 6.02. The van der Waals surface area contributed by atoms with Crippen LogP contribution >= 0.6 is 0 Å². The lowest BCUT2D eigenvalue weighted by molar-refractivity contribution is 0.177. The van der Waals surface area contributed by atoms with E-state index in [0.29, 0.717) is 12.0 Å². The number of hydrogen-bond donors (Lipinski definition) is 3. The van der Waals surface area contributed by atoms with Crippen LogP contribution in [0.5, 0.6) is 0 Å². The second kappa shape index (κ2) is 7.52. The number of aliphatic hydroxyl groups is 1. The molecule has 1 aromatic carbocycles. The molecule has 0 aromatic heterocycles. The van der Waals surface area contributed by atoms with Crippen molar-refractivity contribution in [2.45, 2.75) is 13.3 Å². The maximum absolute atomic E-state index is 11.6. The molecule has 1 aromatic rings. The predicted molar refractivity (Wildman–Crippen MR) is 77.8 cm³/mol. The number of nitrogens with one attached hydrogen (secondary N) is 2. The van der Waals surface area contributed by atoms with Gasteiger partial charge < -0.3 is 9.84 Å². The summed E-state index contributed by atoms with van der Waals surface area (Å²) in [6.07, 6.45) is -0.753. The van der Waals surface area contributed by atoms with Crippen LogP contribution in [0.2, 0.25) is 0 Å². The minimum Gasteiger partial charge on any atom is -0.452 e. The number of rotatable bonds is 4. The van der Waals surface area contributed by atoms with Crippen LogP contribution in [0.1, 0.15) is 17.5 Å². The van der Waals surface area contributed by atoms with Gasteiger partial charge in [0.25, 0.3) is 0 Å². The maximum atomic E-state index is 11.6. The van der Waals surface area contributed by atoms with E-state index < -0.39 is 16.3 Å². The number of ether oxygens (including phenoxy) is 1. The summed E-state index contributed by atoms with van der Waals surface area (Å²) >= 11 is 0. The third-order valence-corrected chi connectivity index (χ3v) is 3.29. The normalized spacial score (nSPS) is 10.2. The Morgan fingerprint density at radius 3 is 2.76 bits per heavy atom. The highest BCUT2D eigenvalue weighted by molar-refractivity contribution is 7.91. The van der Waals surface area contributed by atoms with Gasteiger partial charge in [-0.3, -0.25) is 4.72 Å². The van der Waals surface area contributed by atoms with E-state index in [1.807, 2.05) is 6.92 Å². The number of amides is 1. The van der Waals surface area contributed by atoms with E-state index in [0.717, 1.165) is 12.7 Å². The summed E-state index contributed by atoms with van der Waals surface area (Å²) in [7, 11) is -3.00. The Hall–Kier alpha value is -2.24. The van der Waals surface area contributed by atoms with Gasteiger partial charge >= 0.3 is 16.3 Å². The quantitative estimate of drug-likeness (QED) is 0.711. The Labute approximate surface area is 123 Å². The average molecular weight is 312 g/mol. The number of anilines is 1. The molecule has 0 aliphatic heterocycles. The van der Waals surface area contributed by atoms with Gasteiger partial charge in [-0.15, -0.1) is 0 Å². The number of methoxy groups -OCH3 is 1. The molecule has 0 saturated carbocycles. The van der Waals surface area contributed by atoms with Gasteiger partial charge in [0.2, 0.25) is 0 Å². The molecule has 1 rings (SSSR count). The molecule has 0 aliphatic rings. The van der Waals surface area contributed by atoms with Gasteiger partial charge in [0.15, 0.2) is 0 Å². The van der Waals surface area contributed by atoms with Gasteiger partial charge in [-0.25, -0.2) is 9.52 Å². The van der Waals surface area contributed by atoms with E-state index in [9.17, 15) is 13.2 Å². The molecule has 0 aliphatic carbocycles. The number of aryl methyl sites for hydroxylation is 1. The largest absolute Gasteiger partial charge is 0.452 e.